The van der Waals surface area contributed by atoms with Crippen LogP contribution in [0.15, 0.2) is 61.1 Å². The number of rotatable bonds is 6. The predicted octanol–water partition coefficient (Wildman–Crippen LogP) is 3.88. The first-order valence-corrected chi connectivity index (χ1v) is 12.6. The Labute approximate surface area is 226 Å². The van der Waals surface area contributed by atoms with Gasteiger partial charge in [-0.1, -0.05) is 23.7 Å². The van der Waals surface area contributed by atoms with Crippen LogP contribution in [0.2, 0.25) is 5.02 Å². The average Bonchev–Trinajstić information content (AvgIpc) is 3.36. The molecule has 10 heteroatoms. The maximum atomic E-state index is 13.5. The third-order valence-electron chi connectivity index (χ3n) is 6.83. The van der Waals surface area contributed by atoms with E-state index in [0.29, 0.717) is 48.0 Å². The van der Waals surface area contributed by atoms with E-state index in [2.05, 4.69) is 16.1 Å². The number of ether oxygens (including phenoxy) is 1. The molecule has 1 aliphatic rings. The molecule has 194 valence electrons. The van der Waals surface area contributed by atoms with Crippen molar-refractivity contribution in [3.63, 3.8) is 0 Å². The van der Waals surface area contributed by atoms with Gasteiger partial charge in [0.15, 0.2) is 0 Å². The molecule has 38 heavy (non-hydrogen) atoms. The molecule has 5 rings (SSSR count). The van der Waals surface area contributed by atoms with E-state index < -0.39 is 0 Å². The number of halogens is 1. The maximum absolute atomic E-state index is 13.5. The van der Waals surface area contributed by atoms with Gasteiger partial charge in [-0.3, -0.25) is 9.69 Å². The van der Waals surface area contributed by atoms with E-state index >= 15 is 0 Å². The normalized spacial score (nSPS) is 14.5. The molecule has 0 N–H and O–H groups in total. The molecule has 0 unspecified atom stereocenters. The van der Waals surface area contributed by atoms with Crippen LogP contribution in [-0.4, -0.2) is 77.7 Å². The van der Waals surface area contributed by atoms with E-state index in [1.807, 2.05) is 66.4 Å². The number of aromatic nitrogens is 3. The summed E-state index contributed by atoms with van der Waals surface area (Å²) in [4.78, 5) is 24.2. The van der Waals surface area contributed by atoms with E-state index in [0.717, 1.165) is 22.5 Å². The van der Waals surface area contributed by atoms with Crippen molar-refractivity contribution in [3.05, 3.63) is 77.2 Å². The van der Waals surface area contributed by atoms with Crippen LogP contribution in [0.1, 0.15) is 17.2 Å². The molecule has 1 aliphatic heterocycles. The second kappa shape index (κ2) is 10.7. The number of pyridine rings is 2. The summed E-state index contributed by atoms with van der Waals surface area (Å²) in [7, 11) is 5.41. The van der Waals surface area contributed by atoms with Crippen LogP contribution in [-0.2, 0) is 4.79 Å². The number of carbonyl (C=O) groups is 1. The molecule has 1 saturated heterocycles. The van der Waals surface area contributed by atoms with Crippen molar-refractivity contribution in [2.24, 2.45) is 0 Å². The molecule has 1 amide bonds. The van der Waals surface area contributed by atoms with Gasteiger partial charge in [0.25, 0.3) is 0 Å². The molecule has 0 saturated carbocycles. The zero-order valence-corrected chi connectivity index (χ0v) is 22.3. The van der Waals surface area contributed by atoms with Crippen molar-refractivity contribution in [3.8, 4) is 22.9 Å². The van der Waals surface area contributed by atoms with Crippen LogP contribution in [0.5, 0.6) is 5.75 Å². The number of anilines is 1. The quantitative estimate of drug-likeness (QED) is 0.374. The Morgan fingerprint density at radius 2 is 1.92 bits per heavy atom. The summed E-state index contributed by atoms with van der Waals surface area (Å²) in [5.41, 5.74) is 3.77. The number of likely N-dealkylation sites (N-methyl/N-ethyl adjacent to an activating group) is 1. The number of hydrogen-bond acceptors (Lipinski definition) is 7. The maximum Gasteiger partial charge on any atom is 0.244 e. The summed E-state index contributed by atoms with van der Waals surface area (Å²) in [6, 6.07) is 15.1. The number of nitrogens with zero attached hydrogens (tertiary/aromatic N) is 7. The predicted molar refractivity (Wildman–Crippen MR) is 146 cm³/mol. The molecule has 3 aromatic heterocycles. The lowest BCUT2D eigenvalue weighted by Gasteiger charge is -2.38. The summed E-state index contributed by atoms with van der Waals surface area (Å²) >= 11 is 6.19. The molecule has 0 aliphatic carbocycles. The number of piperazine rings is 1. The number of methoxy groups -OCH3 is 1. The lowest BCUT2D eigenvalue weighted by molar-refractivity contribution is -0.136. The summed E-state index contributed by atoms with van der Waals surface area (Å²) in [6.07, 6.45) is 5.10. The van der Waals surface area contributed by atoms with Gasteiger partial charge in [-0.2, -0.15) is 10.4 Å². The molecule has 4 heterocycles. The van der Waals surface area contributed by atoms with Crippen LogP contribution in [0.3, 0.4) is 0 Å². The number of hydrogen-bond donors (Lipinski definition) is 0. The number of amides is 1. The lowest BCUT2D eigenvalue weighted by Crippen LogP contribution is -2.51. The van der Waals surface area contributed by atoms with Crippen molar-refractivity contribution < 1.29 is 9.53 Å². The van der Waals surface area contributed by atoms with Crippen LogP contribution < -0.4 is 9.64 Å². The van der Waals surface area contributed by atoms with Crippen molar-refractivity contribution in [1.82, 2.24) is 24.4 Å². The Morgan fingerprint density at radius 3 is 2.55 bits per heavy atom. The fourth-order valence-corrected chi connectivity index (χ4v) is 5.11. The van der Waals surface area contributed by atoms with Crippen LogP contribution in [0, 0.1) is 11.3 Å². The van der Waals surface area contributed by atoms with E-state index in [-0.39, 0.29) is 11.9 Å². The second-order valence-electron chi connectivity index (χ2n) is 9.40. The minimum atomic E-state index is -0.390. The van der Waals surface area contributed by atoms with Crippen molar-refractivity contribution in [1.29, 1.82) is 5.26 Å². The Hall–Kier alpha value is -4.13. The highest BCUT2D eigenvalue weighted by atomic mass is 35.5. The van der Waals surface area contributed by atoms with Crippen molar-refractivity contribution in [2.45, 2.75) is 6.04 Å². The average molecular weight is 530 g/mol. The Morgan fingerprint density at radius 1 is 1.13 bits per heavy atom. The first kappa shape index (κ1) is 25.5. The minimum absolute atomic E-state index is 0.0661. The standard InChI is InChI=1S/C28H28ClN7O2/c1-33(2)27(19-5-4-6-22(29)13-19)28(37)35-11-9-34(10-12-35)25-8-7-20(16-31-25)24-14-23(38-3)18-36-26(24)21(15-30)17-32-36/h4-8,13-14,16-18,27H,9-12H2,1-3H3/t27-/m1/s1. The molecule has 9 nitrogen and oxygen atoms in total. The third kappa shape index (κ3) is 4.88. The molecule has 1 aromatic carbocycles. The van der Waals surface area contributed by atoms with Gasteiger partial charge in [0.05, 0.1) is 30.6 Å². The van der Waals surface area contributed by atoms with Gasteiger partial charge in [-0.15, -0.1) is 0 Å². The Bertz CT molecular complexity index is 1500. The van der Waals surface area contributed by atoms with Crippen molar-refractivity contribution in [2.75, 3.05) is 52.3 Å². The first-order valence-electron chi connectivity index (χ1n) is 12.3. The smallest absolute Gasteiger partial charge is 0.244 e. The summed E-state index contributed by atoms with van der Waals surface area (Å²) in [5.74, 6) is 1.54. The zero-order valence-electron chi connectivity index (χ0n) is 21.5. The van der Waals surface area contributed by atoms with E-state index in [4.69, 9.17) is 21.3 Å². The van der Waals surface area contributed by atoms with Crippen LogP contribution in [0.25, 0.3) is 16.6 Å². The summed E-state index contributed by atoms with van der Waals surface area (Å²) in [5, 5.41) is 14.5. The molecular formula is C28H28ClN7O2. The molecule has 1 atom stereocenters. The van der Waals surface area contributed by atoms with Crippen LogP contribution >= 0.6 is 11.6 Å². The van der Waals surface area contributed by atoms with Gasteiger partial charge in [0.2, 0.25) is 5.91 Å². The van der Waals surface area contributed by atoms with Crippen LogP contribution in [0.4, 0.5) is 5.82 Å². The molecule has 0 bridgehead atoms. The summed E-state index contributed by atoms with van der Waals surface area (Å²) < 4.78 is 7.08. The van der Waals surface area contributed by atoms with Gasteiger partial charge in [0.1, 0.15) is 23.7 Å². The van der Waals surface area contributed by atoms with Gasteiger partial charge in [0, 0.05) is 48.5 Å². The van der Waals surface area contributed by atoms with E-state index in [1.54, 1.807) is 30.2 Å². The van der Waals surface area contributed by atoms with Crippen molar-refractivity contribution >= 4 is 28.8 Å². The SMILES string of the molecule is COc1cc(-c2ccc(N3CCN(C(=O)[C@@H](c4cccc(Cl)c4)N(C)C)CC3)nc2)c2c(C#N)cnn2c1. The van der Waals surface area contributed by atoms with E-state index in [9.17, 15) is 10.1 Å². The fourth-order valence-electron chi connectivity index (χ4n) is 4.91. The molecular weight excluding hydrogens is 502 g/mol. The molecule has 0 spiro atoms. The topological polar surface area (TPSA) is 90.0 Å². The van der Waals surface area contributed by atoms with Gasteiger partial charge in [-0.05, 0) is 50.0 Å². The highest BCUT2D eigenvalue weighted by Gasteiger charge is 2.30. The molecule has 4 aromatic rings. The second-order valence-corrected chi connectivity index (χ2v) is 9.83. The minimum Gasteiger partial charge on any atom is -0.495 e. The zero-order chi connectivity index (χ0) is 26.8. The largest absolute Gasteiger partial charge is 0.495 e. The first-order chi connectivity index (χ1) is 18.4. The van der Waals surface area contributed by atoms with Gasteiger partial charge in [-0.25, -0.2) is 9.50 Å². The van der Waals surface area contributed by atoms with Gasteiger partial charge < -0.3 is 14.5 Å². The Kier molecular flexibility index (Phi) is 7.18. The highest BCUT2D eigenvalue weighted by Crippen LogP contribution is 2.31. The number of benzene rings is 1. The number of nitriles is 1. The molecule has 0 radical (unpaired) electrons. The fraction of sp³-hybridized carbons (Fsp3) is 0.286. The third-order valence-corrected chi connectivity index (χ3v) is 7.07. The van der Waals surface area contributed by atoms with E-state index in [1.165, 1.54) is 0 Å². The highest BCUT2D eigenvalue weighted by molar-refractivity contribution is 6.30. The number of carbonyl (C=O) groups excluding carboxylic acids is 1. The molecule has 1 fully saturated rings. The lowest BCUT2D eigenvalue weighted by atomic mass is 10.0. The Balaban J connectivity index is 1.31. The summed E-state index contributed by atoms with van der Waals surface area (Å²) in [6.45, 7) is 2.56. The number of fused-ring (bicyclic) bond motifs is 1. The monoisotopic (exact) mass is 529 g/mol. The van der Waals surface area contributed by atoms with Gasteiger partial charge >= 0.3 is 0 Å².